The van der Waals surface area contributed by atoms with Crippen LogP contribution in [-0.4, -0.2) is 44.1 Å². The summed E-state index contributed by atoms with van der Waals surface area (Å²) in [5.74, 6) is 0. The molecule has 1 N–H and O–H groups in total. The van der Waals surface area contributed by atoms with Crippen LogP contribution in [-0.2, 0) is 14.8 Å². The Balaban J connectivity index is 1.98. The number of nitrogens with one attached hydrogen (secondary N) is 1. The molecule has 1 aliphatic heterocycles. The molecule has 0 unspecified atom stereocenters. The van der Waals surface area contributed by atoms with Gasteiger partial charge in [0.15, 0.2) is 0 Å². The molecule has 8 heteroatoms. The number of hydrogen-bond donors (Lipinski definition) is 1. The average molecular weight is 346 g/mol. The molecular formula is C14H22N2O4S2. The monoisotopic (exact) mass is 346 g/mol. The fraction of sp³-hybridized carbons (Fsp3) is 0.643. The highest BCUT2D eigenvalue weighted by Crippen LogP contribution is 2.19. The van der Waals surface area contributed by atoms with Crippen molar-refractivity contribution in [3.05, 3.63) is 17.5 Å². The number of rotatable bonds is 3. The summed E-state index contributed by atoms with van der Waals surface area (Å²) in [6, 6.07) is 2.99. The molecule has 1 aliphatic rings. The molecule has 1 atom stereocenters. The zero-order valence-electron chi connectivity index (χ0n) is 13.0. The summed E-state index contributed by atoms with van der Waals surface area (Å²) in [6.07, 6.45) is 1.06. The molecule has 1 fully saturated rings. The number of piperidine rings is 1. The Morgan fingerprint density at radius 1 is 1.45 bits per heavy atom. The van der Waals surface area contributed by atoms with Crippen molar-refractivity contribution in [3.8, 4) is 0 Å². The number of thiophene rings is 1. The smallest absolute Gasteiger partial charge is 0.410 e. The number of likely N-dealkylation sites (tertiary alicyclic amines) is 1. The molecule has 1 saturated heterocycles. The van der Waals surface area contributed by atoms with Crippen molar-refractivity contribution in [2.24, 2.45) is 0 Å². The van der Waals surface area contributed by atoms with E-state index in [4.69, 9.17) is 4.74 Å². The van der Waals surface area contributed by atoms with Crippen LogP contribution in [0, 0.1) is 0 Å². The number of carbonyl (C=O) groups excluding carboxylic acids is 1. The van der Waals surface area contributed by atoms with Crippen molar-refractivity contribution in [1.29, 1.82) is 0 Å². The van der Waals surface area contributed by atoms with Gasteiger partial charge in [-0.05, 0) is 45.1 Å². The topological polar surface area (TPSA) is 75.7 Å². The molecule has 1 aromatic heterocycles. The average Bonchev–Trinajstić information content (AvgIpc) is 2.91. The lowest BCUT2D eigenvalue weighted by Crippen LogP contribution is -2.50. The molecule has 0 bridgehead atoms. The predicted octanol–water partition coefficient (Wildman–Crippen LogP) is 2.43. The van der Waals surface area contributed by atoms with Crippen molar-refractivity contribution in [3.63, 3.8) is 0 Å². The molecular weight excluding hydrogens is 324 g/mol. The van der Waals surface area contributed by atoms with Crippen molar-refractivity contribution >= 4 is 27.5 Å². The summed E-state index contributed by atoms with van der Waals surface area (Å²) in [7, 11) is -3.51. The van der Waals surface area contributed by atoms with Crippen LogP contribution >= 0.6 is 11.3 Å². The summed E-state index contributed by atoms with van der Waals surface area (Å²) < 4.78 is 32.8. The molecule has 0 aromatic carbocycles. The number of sulfonamides is 1. The number of nitrogens with zero attached hydrogens (tertiary/aromatic N) is 1. The van der Waals surface area contributed by atoms with Gasteiger partial charge in [-0.25, -0.2) is 17.9 Å². The van der Waals surface area contributed by atoms with E-state index in [0.717, 1.165) is 6.42 Å². The van der Waals surface area contributed by atoms with Crippen LogP contribution in [0.15, 0.2) is 21.7 Å². The molecule has 22 heavy (non-hydrogen) atoms. The van der Waals surface area contributed by atoms with Gasteiger partial charge in [-0.15, -0.1) is 11.3 Å². The van der Waals surface area contributed by atoms with E-state index in [2.05, 4.69) is 4.72 Å². The molecule has 0 radical (unpaired) electrons. The van der Waals surface area contributed by atoms with Gasteiger partial charge in [-0.1, -0.05) is 6.07 Å². The molecule has 0 saturated carbocycles. The Labute approximate surface area is 135 Å². The fourth-order valence-corrected chi connectivity index (χ4v) is 4.53. The van der Waals surface area contributed by atoms with Gasteiger partial charge in [-0.2, -0.15) is 0 Å². The highest BCUT2D eigenvalue weighted by atomic mass is 32.2. The highest BCUT2D eigenvalue weighted by Gasteiger charge is 2.30. The summed E-state index contributed by atoms with van der Waals surface area (Å²) in [4.78, 5) is 13.6. The first-order valence-electron chi connectivity index (χ1n) is 7.21. The maximum atomic E-state index is 12.2. The minimum absolute atomic E-state index is 0.284. The highest BCUT2D eigenvalue weighted by molar-refractivity contribution is 7.91. The maximum absolute atomic E-state index is 12.2. The second-order valence-corrected chi connectivity index (χ2v) is 9.21. The molecule has 0 spiro atoms. The zero-order chi connectivity index (χ0) is 16.4. The molecule has 1 aromatic rings. The lowest BCUT2D eigenvalue weighted by molar-refractivity contribution is 0.0195. The Kier molecular flexibility index (Phi) is 5.14. The zero-order valence-corrected chi connectivity index (χ0v) is 14.7. The third-order valence-corrected chi connectivity index (χ3v) is 6.07. The van der Waals surface area contributed by atoms with Crippen molar-refractivity contribution < 1.29 is 17.9 Å². The van der Waals surface area contributed by atoms with E-state index < -0.39 is 21.7 Å². The first-order chi connectivity index (χ1) is 10.2. The van der Waals surface area contributed by atoms with Gasteiger partial charge < -0.3 is 9.64 Å². The van der Waals surface area contributed by atoms with Crippen LogP contribution < -0.4 is 4.72 Å². The molecule has 0 aliphatic carbocycles. The quantitative estimate of drug-likeness (QED) is 0.912. The normalized spacial score (nSPS) is 20.0. The van der Waals surface area contributed by atoms with E-state index in [1.807, 2.05) is 20.8 Å². The Hall–Kier alpha value is -1.12. The van der Waals surface area contributed by atoms with Gasteiger partial charge >= 0.3 is 6.09 Å². The summed E-state index contributed by atoms with van der Waals surface area (Å²) in [5, 5.41) is 1.72. The van der Waals surface area contributed by atoms with E-state index in [1.165, 1.54) is 11.3 Å². The summed E-state index contributed by atoms with van der Waals surface area (Å²) in [6.45, 7) is 6.36. The van der Waals surface area contributed by atoms with Crippen molar-refractivity contribution in [2.45, 2.75) is 49.5 Å². The third kappa shape index (κ3) is 4.69. The van der Waals surface area contributed by atoms with Gasteiger partial charge in [0, 0.05) is 19.1 Å². The van der Waals surface area contributed by atoms with Gasteiger partial charge in [0.05, 0.1) is 0 Å². The van der Waals surface area contributed by atoms with E-state index >= 15 is 0 Å². The number of hydrogen-bond acceptors (Lipinski definition) is 5. The molecule has 124 valence electrons. The van der Waals surface area contributed by atoms with Crippen LogP contribution in [0.25, 0.3) is 0 Å². The van der Waals surface area contributed by atoms with Gasteiger partial charge in [-0.3, -0.25) is 0 Å². The number of ether oxygens (including phenoxy) is 1. The summed E-state index contributed by atoms with van der Waals surface area (Å²) in [5.41, 5.74) is -0.555. The lowest BCUT2D eigenvalue weighted by Gasteiger charge is -2.34. The molecule has 2 heterocycles. The molecule has 1 amide bonds. The van der Waals surface area contributed by atoms with Crippen LogP contribution in [0.2, 0.25) is 0 Å². The van der Waals surface area contributed by atoms with E-state index in [-0.39, 0.29) is 6.04 Å². The second kappa shape index (κ2) is 6.55. The standard InChI is InChI=1S/C14H22N2O4S2/c1-14(2,3)20-13(17)16-8-4-6-11(10-16)15-22(18,19)12-7-5-9-21-12/h5,7,9,11,15H,4,6,8,10H2,1-3H3/t11-/m0/s1. The first kappa shape index (κ1) is 17.2. The predicted molar refractivity (Wildman–Crippen MR) is 85.5 cm³/mol. The van der Waals surface area contributed by atoms with Gasteiger partial charge in [0.25, 0.3) is 0 Å². The van der Waals surface area contributed by atoms with Crippen molar-refractivity contribution in [1.82, 2.24) is 9.62 Å². The van der Waals surface area contributed by atoms with Gasteiger partial charge in [0.2, 0.25) is 10.0 Å². The Morgan fingerprint density at radius 3 is 2.77 bits per heavy atom. The van der Waals surface area contributed by atoms with E-state index in [1.54, 1.807) is 22.4 Å². The SMILES string of the molecule is CC(C)(C)OC(=O)N1CCC[C@H](NS(=O)(=O)c2cccs2)C1. The number of amides is 1. The fourth-order valence-electron chi connectivity index (χ4n) is 2.26. The molecule has 6 nitrogen and oxygen atoms in total. The van der Waals surface area contributed by atoms with E-state index in [0.29, 0.717) is 23.7 Å². The van der Waals surface area contributed by atoms with Crippen LogP contribution in [0.1, 0.15) is 33.6 Å². The minimum atomic E-state index is -3.51. The number of carbonyl (C=O) groups is 1. The van der Waals surface area contributed by atoms with Crippen LogP contribution in [0.4, 0.5) is 4.79 Å². The van der Waals surface area contributed by atoms with E-state index in [9.17, 15) is 13.2 Å². The van der Waals surface area contributed by atoms with Crippen LogP contribution in [0.5, 0.6) is 0 Å². The van der Waals surface area contributed by atoms with Crippen LogP contribution in [0.3, 0.4) is 0 Å². The largest absolute Gasteiger partial charge is 0.444 e. The second-order valence-electron chi connectivity index (χ2n) is 6.32. The van der Waals surface area contributed by atoms with Gasteiger partial charge in [0.1, 0.15) is 9.81 Å². The third-order valence-electron chi connectivity index (χ3n) is 3.15. The lowest BCUT2D eigenvalue weighted by atomic mass is 10.1. The Bertz CT molecular complexity index is 605. The Morgan fingerprint density at radius 2 is 2.18 bits per heavy atom. The maximum Gasteiger partial charge on any atom is 0.410 e. The summed E-state index contributed by atoms with van der Waals surface area (Å²) >= 11 is 1.18. The minimum Gasteiger partial charge on any atom is -0.444 e. The molecule has 2 rings (SSSR count). The first-order valence-corrected chi connectivity index (χ1v) is 9.57. The van der Waals surface area contributed by atoms with Crippen molar-refractivity contribution in [2.75, 3.05) is 13.1 Å².